The van der Waals surface area contributed by atoms with E-state index in [1.54, 1.807) is 6.07 Å². The van der Waals surface area contributed by atoms with Crippen molar-refractivity contribution in [2.75, 3.05) is 30.3 Å². The van der Waals surface area contributed by atoms with Gasteiger partial charge >= 0.3 is 0 Å². The molecule has 2 amide bonds. The van der Waals surface area contributed by atoms with E-state index in [1.165, 1.54) is 12.1 Å². The van der Waals surface area contributed by atoms with Crippen LogP contribution in [0.1, 0.15) is 12.8 Å². The molecule has 1 saturated heterocycles. The zero-order valence-corrected chi connectivity index (χ0v) is 16.3. The third-order valence-corrected chi connectivity index (χ3v) is 4.98. The molecule has 0 aromatic heterocycles. The SMILES string of the molecule is O=C(CN1CCCC(C(=O)Nc2ccccc2)C1)Nc1ccc(Br)cc1F. The number of nitrogens with zero attached hydrogens (tertiary/aromatic N) is 1. The van der Waals surface area contributed by atoms with E-state index in [-0.39, 0.29) is 30.0 Å². The lowest BCUT2D eigenvalue weighted by atomic mass is 9.97. The molecule has 0 radical (unpaired) electrons. The Balaban J connectivity index is 1.53. The molecular formula is C20H21BrFN3O2. The number of piperidine rings is 1. The summed E-state index contributed by atoms with van der Waals surface area (Å²) in [6.45, 7) is 1.38. The van der Waals surface area contributed by atoms with E-state index >= 15 is 0 Å². The van der Waals surface area contributed by atoms with Crippen molar-refractivity contribution >= 4 is 39.1 Å². The maximum absolute atomic E-state index is 13.9. The normalized spacial score (nSPS) is 17.3. The minimum Gasteiger partial charge on any atom is -0.326 e. The smallest absolute Gasteiger partial charge is 0.238 e. The van der Waals surface area contributed by atoms with E-state index in [1.807, 2.05) is 35.2 Å². The first-order valence-electron chi connectivity index (χ1n) is 8.84. The summed E-state index contributed by atoms with van der Waals surface area (Å²) in [6.07, 6.45) is 1.63. The van der Waals surface area contributed by atoms with Gasteiger partial charge in [0.15, 0.2) is 0 Å². The molecule has 1 aliphatic heterocycles. The predicted octanol–water partition coefficient (Wildman–Crippen LogP) is 3.88. The number of carbonyl (C=O) groups excluding carboxylic acids is 2. The molecule has 2 N–H and O–H groups in total. The first-order valence-corrected chi connectivity index (χ1v) is 9.64. The second-order valence-corrected chi connectivity index (χ2v) is 7.52. The summed E-state index contributed by atoms with van der Waals surface area (Å²) in [7, 11) is 0. The largest absolute Gasteiger partial charge is 0.326 e. The fraction of sp³-hybridized carbons (Fsp3) is 0.300. The first kappa shape index (κ1) is 19.5. The number of likely N-dealkylation sites (tertiary alicyclic amines) is 1. The van der Waals surface area contributed by atoms with Crippen LogP contribution < -0.4 is 10.6 Å². The van der Waals surface area contributed by atoms with Gasteiger partial charge in [-0.15, -0.1) is 0 Å². The Hall–Kier alpha value is -2.25. The zero-order chi connectivity index (χ0) is 19.2. The number of carbonyl (C=O) groups is 2. The van der Waals surface area contributed by atoms with Crippen LogP contribution in [-0.4, -0.2) is 36.3 Å². The Morgan fingerprint density at radius 2 is 1.93 bits per heavy atom. The van der Waals surface area contributed by atoms with Gasteiger partial charge in [-0.3, -0.25) is 14.5 Å². The molecule has 1 aliphatic rings. The number of hydrogen-bond acceptors (Lipinski definition) is 3. The van der Waals surface area contributed by atoms with Gasteiger partial charge < -0.3 is 10.6 Å². The third kappa shape index (κ3) is 5.61. The quantitative estimate of drug-likeness (QED) is 0.751. The molecule has 142 valence electrons. The Labute approximate surface area is 166 Å². The molecule has 0 saturated carbocycles. The molecule has 1 unspecified atom stereocenters. The minimum absolute atomic E-state index is 0.0368. The molecule has 1 fully saturated rings. The lowest BCUT2D eigenvalue weighted by Gasteiger charge is -2.31. The van der Waals surface area contributed by atoms with Crippen molar-refractivity contribution in [3.05, 3.63) is 58.8 Å². The van der Waals surface area contributed by atoms with Crippen molar-refractivity contribution in [2.24, 2.45) is 5.92 Å². The average molecular weight is 434 g/mol. The number of halogens is 2. The Morgan fingerprint density at radius 1 is 1.15 bits per heavy atom. The van der Waals surface area contributed by atoms with Gasteiger partial charge in [-0.25, -0.2) is 4.39 Å². The van der Waals surface area contributed by atoms with Crippen molar-refractivity contribution in [1.82, 2.24) is 4.90 Å². The number of amides is 2. The summed E-state index contributed by atoms with van der Waals surface area (Å²) >= 11 is 3.19. The Kier molecular flexibility index (Phi) is 6.58. The summed E-state index contributed by atoms with van der Waals surface area (Å²) < 4.78 is 14.5. The highest BCUT2D eigenvalue weighted by Crippen LogP contribution is 2.21. The van der Waals surface area contributed by atoms with E-state index in [4.69, 9.17) is 0 Å². The van der Waals surface area contributed by atoms with Crippen LogP contribution in [0, 0.1) is 11.7 Å². The molecule has 7 heteroatoms. The lowest BCUT2D eigenvalue weighted by Crippen LogP contribution is -2.44. The molecular weight excluding hydrogens is 413 g/mol. The topological polar surface area (TPSA) is 61.4 Å². The van der Waals surface area contributed by atoms with E-state index in [0.717, 1.165) is 25.1 Å². The van der Waals surface area contributed by atoms with Crippen molar-refractivity contribution in [2.45, 2.75) is 12.8 Å². The van der Waals surface area contributed by atoms with Crippen LogP contribution in [-0.2, 0) is 9.59 Å². The standard InChI is InChI=1S/C20H21BrFN3O2/c21-15-8-9-18(17(22)11-15)24-19(26)13-25-10-4-5-14(12-25)20(27)23-16-6-2-1-3-7-16/h1-3,6-9,11,14H,4-5,10,12-13H2,(H,23,27)(H,24,26). The third-order valence-electron chi connectivity index (χ3n) is 4.49. The van der Waals surface area contributed by atoms with Gasteiger partial charge in [0.1, 0.15) is 5.82 Å². The van der Waals surface area contributed by atoms with E-state index in [0.29, 0.717) is 11.0 Å². The second kappa shape index (κ2) is 9.10. The van der Waals surface area contributed by atoms with Gasteiger partial charge in [0, 0.05) is 16.7 Å². The van der Waals surface area contributed by atoms with Crippen LogP contribution in [0.15, 0.2) is 53.0 Å². The van der Waals surface area contributed by atoms with Crippen LogP contribution in [0.2, 0.25) is 0 Å². The average Bonchev–Trinajstić information content (AvgIpc) is 2.65. The van der Waals surface area contributed by atoms with Crippen LogP contribution in [0.4, 0.5) is 15.8 Å². The van der Waals surface area contributed by atoms with Gasteiger partial charge in [0.2, 0.25) is 11.8 Å². The molecule has 1 atom stereocenters. The molecule has 5 nitrogen and oxygen atoms in total. The maximum atomic E-state index is 13.9. The van der Waals surface area contributed by atoms with Gasteiger partial charge in [-0.05, 0) is 49.7 Å². The molecule has 0 spiro atoms. The highest BCUT2D eigenvalue weighted by atomic mass is 79.9. The summed E-state index contributed by atoms with van der Waals surface area (Å²) in [5.41, 5.74) is 0.918. The molecule has 2 aromatic rings. The van der Waals surface area contributed by atoms with Gasteiger partial charge in [-0.2, -0.15) is 0 Å². The van der Waals surface area contributed by atoms with Crippen molar-refractivity contribution in [3.8, 4) is 0 Å². The first-order chi connectivity index (χ1) is 13.0. The highest BCUT2D eigenvalue weighted by molar-refractivity contribution is 9.10. The van der Waals surface area contributed by atoms with E-state index in [9.17, 15) is 14.0 Å². The number of nitrogens with one attached hydrogen (secondary N) is 2. The highest BCUT2D eigenvalue weighted by Gasteiger charge is 2.27. The van der Waals surface area contributed by atoms with Gasteiger partial charge in [0.05, 0.1) is 18.2 Å². The van der Waals surface area contributed by atoms with Crippen molar-refractivity contribution in [3.63, 3.8) is 0 Å². The second-order valence-electron chi connectivity index (χ2n) is 6.60. The summed E-state index contributed by atoms with van der Waals surface area (Å²) in [4.78, 5) is 26.7. The lowest BCUT2D eigenvalue weighted by molar-refractivity contribution is -0.123. The number of rotatable bonds is 5. The van der Waals surface area contributed by atoms with Crippen LogP contribution in [0.3, 0.4) is 0 Å². The van der Waals surface area contributed by atoms with Crippen LogP contribution in [0.5, 0.6) is 0 Å². The summed E-state index contributed by atoms with van der Waals surface area (Å²) in [6, 6.07) is 13.8. The van der Waals surface area contributed by atoms with Crippen LogP contribution >= 0.6 is 15.9 Å². The predicted molar refractivity (Wildman–Crippen MR) is 107 cm³/mol. The molecule has 2 aromatic carbocycles. The Morgan fingerprint density at radius 3 is 2.67 bits per heavy atom. The molecule has 0 aliphatic carbocycles. The number of benzene rings is 2. The van der Waals surface area contributed by atoms with Gasteiger partial charge in [0.25, 0.3) is 0 Å². The van der Waals surface area contributed by atoms with Crippen molar-refractivity contribution in [1.29, 1.82) is 0 Å². The molecule has 1 heterocycles. The molecule has 27 heavy (non-hydrogen) atoms. The Bertz CT molecular complexity index is 816. The summed E-state index contributed by atoms with van der Waals surface area (Å²) in [5.74, 6) is -0.988. The number of para-hydroxylation sites is 1. The van der Waals surface area contributed by atoms with Crippen molar-refractivity contribution < 1.29 is 14.0 Å². The number of anilines is 2. The number of hydrogen-bond donors (Lipinski definition) is 2. The van der Waals surface area contributed by atoms with Crippen LogP contribution in [0.25, 0.3) is 0 Å². The monoisotopic (exact) mass is 433 g/mol. The van der Waals surface area contributed by atoms with Gasteiger partial charge in [-0.1, -0.05) is 34.1 Å². The van der Waals surface area contributed by atoms with E-state index < -0.39 is 5.82 Å². The minimum atomic E-state index is -0.489. The molecule has 0 bridgehead atoms. The van der Waals surface area contributed by atoms with E-state index in [2.05, 4.69) is 26.6 Å². The fourth-order valence-corrected chi connectivity index (χ4v) is 3.50. The zero-order valence-electron chi connectivity index (χ0n) is 14.8. The fourth-order valence-electron chi connectivity index (χ4n) is 3.16. The summed E-state index contributed by atoms with van der Waals surface area (Å²) in [5, 5.41) is 5.51. The maximum Gasteiger partial charge on any atom is 0.238 e. The molecule has 3 rings (SSSR count).